The monoisotopic (exact) mass is 617 g/mol. The lowest BCUT2D eigenvalue weighted by Crippen LogP contribution is -2.30. The molecule has 0 bridgehead atoms. The maximum atomic E-state index is 13.5. The maximum absolute atomic E-state index is 13.5. The number of hydrogen-bond acceptors (Lipinski definition) is 6. The number of carbonyl (C=O) groups is 4. The van der Waals surface area contributed by atoms with Crippen LogP contribution in [-0.2, 0) is 9.59 Å². The highest BCUT2D eigenvalue weighted by atomic mass is 32.2. The third-order valence-electron chi connectivity index (χ3n) is 6.64. The highest BCUT2D eigenvalue weighted by Gasteiger charge is 2.16. The summed E-state index contributed by atoms with van der Waals surface area (Å²) < 4.78 is 0. The van der Waals surface area contributed by atoms with Gasteiger partial charge in [0.15, 0.2) is 0 Å². The van der Waals surface area contributed by atoms with E-state index in [1.54, 1.807) is 60.7 Å². The second kappa shape index (κ2) is 14.1. The third-order valence-corrected chi connectivity index (χ3v) is 7.66. The van der Waals surface area contributed by atoms with E-state index in [0.717, 1.165) is 21.2 Å². The van der Waals surface area contributed by atoms with Crippen LogP contribution in [0.15, 0.2) is 126 Å². The number of fused-ring (bicyclic) bond motifs is 1. The van der Waals surface area contributed by atoms with Gasteiger partial charge in [-0.15, -0.1) is 11.8 Å². The summed E-state index contributed by atoms with van der Waals surface area (Å²) in [6, 6.07) is 32.8. The molecule has 0 atom stereocenters. The third kappa shape index (κ3) is 7.95. The first-order chi connectivity index (χ1) is 21.8. The highest BCUT2D eigenvalue weighted by Crippen LogP contribution is 2.25. The van der Waals surface area contributed by atoms with Gasteiger partial charge in [0, 0.05) is 21.8 Å². The zero-order valence-electron chi connectivity index (χ0n) is 23.7. The van der Waals surface area contributed by atoms with Gasteiger partial charge in [0.25, 0.3) is 11.8 Å². The Morgan fingerprint density at radius 2 is 1.42 bits per heavy atom. The number of hydrogen-bond donors (Lipinski definition) is 5. The van der Waals surface area contributed by atoms with E-state index in [0.29, 0.717) is 11.3 Å². The van der Waals surface area contributed by atoms with Crippen LogP contribution in [0.2, 0.25) is 0 Å². The van der Waals surface area contributed by atoms with Crippen molar-refractivity contribution < 1.29 is 29.4 Å². The minimum atomic E-state index is -1.31. The summed E-state index contributed by atoms with van der Waals surface area (Å²) >= 11 is 1.25. The zero-order valence-corrected chi connectivity index (χ0v) is 24.5. The van der Waals surface area contributed by atoms with Crippen molar-refractivity contribution in [2.45, 2.75) is 4.90 Å². The summed E-state index contributed by atoms with van der Waals surface area (Å²) in [4.78, 5) is 50.9. The molecule has 0 aromatic heterocycles. The molecule has 0 aliphatic rings. The van der Waals surface area contributed by atoms with Gasteiger partial charge in [-0.3, -0.25) is 14.4 Å². The number of carboxylic acids is 1. The Balaban J connectivity index is 1.27. The molecule has 0 aliphatic carbocycles. The second-order valence-corrected chi connectivity index (χ2v) is 10.8. The molecule has 0 heterocycles. The van der Waals surface area contributed by atoms with E-state index in [4.69, 9.17) is 5.11 Å². The van der Waals surface area contributed by atoms with Crippen LogP contribution in [-0.4, -0.2) is 39.7 Å². The number of carboxylic acid groups (broad SMARTS) is 1. The minimum Gasteiger partial charge on any atom is -0.507 e. The van der Waals surface area contributed by atoms with Crippen LogP contribution in [0, 0.1) is 0 Å². The van der Waals surface area contributed by atoms with Gasteiger partial charge in [-0.1, -0.05) is 60.7 Å². The number of rotatable bonds is 10. The van der Waals surface area contributed by atoms with E-state index < -0.39 is 23.5 Å². The first-order valence-electron chi connectivity index (χ1n) is 13.7. The van der Waals surface area contributed by atoms with Crippen molar-refractivity contribution in [3.05, 3.63) is 138 Å². The lowest BCUT2D eigenvalue weighted by atomic mass is 10.0. The van der Waals surface area contributed by atoms with Crippen LogP contribution in [0.1, 0.15) is 26.3 Å². The van der Waals surface area contributed by atoms with Crippen molar-refractivity contribution in [3.63, 3.8) is 0 Å². The summed E-state index contributed by atoms with van der Waals surface area (Å²) in [5.41, 5.74) is 1.66. The van der Waals surface area contributed by atoms with Crippen LogP contribution >= 0.6 is 11.8 Å². The molecule has 0 fully saturated rings. The summed E-state index contributed by atoms with van der Waals surface area (Å²) in [5, 5.41) is 28.9. The molecule has 3 amide bonds. The van der Waals surface area contributed by atoms with Gasteiger partial charge in [0.1, 0.15) is 17.0 Å². The predicted octanol–water partition coefficient (Wildman–Crippen LogP) is 6.38. The molecule has 0 radical (unpaired) electrons. The molecule has 5 N–H and O–H groups in total. The number of benzene rings is 5. The number of amides is 3. The van der Waals surface area contributed by atoms with E-state index in [1.165, 1.54) is 30.0 Å². The van der Waals surface area contributed by atoms with Crippen molar-refractivity contribution >= 4 is 63.7 Å². The van der Waals surface area contributed by atoms with Crippen LogP contribution in [0.25, 0.3) is 16.8 Å². The molecule has 9 nitrogen and oxygen atoms in total. The number of carbonyl (C=O) groups excluding carboxylic acids is 3. The van der Waals surface area contributed by atoms with Crippen LogP contribution in [0.5, 0.6) is 5.75 Å². The Kier molecular flexibility index (Phi) is 9.56. The van der Waals surface area contributed by atoms with Gasteiger partial charge < -0.3 is 26.2 Å². The van der Waals surface area contributed by atoms with Crippen LogP contribution < -0.4 is 16.0 Å². The molecule has 5 rings (SSSR count). The molecule has 5 aromatic rings. The van der Waals surface area contributed by atoms with Gasteiger partial charge in [-0.2, -0.15) is 0 Å². The van der Waals surface area contributed by atoms with Gasteiger partial charge in [0.2, 0.25) is 5.91 Å². The van der Waals surface area contributed by atoms with E-state index in [9.17, 15) is 24.3 Å². The molecular weight excluding hydrogens is 590 g/mol. The lowest BCUT2D eigenvalue weighted by Gasteiger charge is -2.13. The quantitative estimate of drug-likeness (QED) is 0.0694. The predicted molar refractivity (Wildman–Crippen MR) is 175 cm³/mol. The molecular formula is C35H27N3O6S. The number of nitrogens with one attached hydrogen (secondary N) is 3. The SMILES string of the molecule is O=C(CSc1ccc(NC(=O)/C(=C/c2cccc3ccccc23)NC(=O)c2ccccc2)cc1)Nc1ccc(O)c(C(=O)O)c1. The van der Waals surface area contributed by atoms with Crippen LogP contribution in [0.4, 0.5) is 11.4 Å². The van der Waals surface area contributed by atoms with E-state index in [1.807, 2.05) is 42.5 Å². The maximum Gasteiger partial charge on any atom is 0.339 e. The van der Waals surface area contributed by atoms with E-state index in [-0.39, 0.29) is 28.6 Å². The average Bonchev–Trinajstić information content (AvgIpc) is 3.05. The van der Waals surface area contributed by atoms with Gasteiger partial charge in [-0.25, -0.2) is 4.79 Å². The van der Waals surface area contributed by atoms with Gasteiger partial charge >= 0.3 is 5.97 Å². The summed E-state index contributed by atoms with van der Waals surface area (Å²) in [6.07, 6.45) is 1.65. The Labute approximate surface area is 262 Å². The number of thioether (sulfide) groups is 1. The summed E-state index contributed by atoms with van der Waals surface area (Å²) in [7, 11) is 0. The molecule has 5 aromatic carbocycles. The number of aromatic hydroxyl groups is 1. The molecule has 45 heavy (non-hydrogen) atoms. The number of aromatic carboxylic acids is 1. The van der Waals surface area contributed by atoms with Crippen molar-refractivity contribution in [1.82, 2.24) is 5.32 Å². The minimum absolute atomic E-state index is 0.0401. The Hall–Kier alpha value is -5.87. The standard InChI is InChI=1S/C35H27N3O6S/c39-31-18-15-26(20-29(31)35(43)44)36-32(40)21-45-27-16-13-25(14-17-27)37-34(42)30(38-33(41)23-8-2-1-3-9-23)19-24-11-6-10-22-7-4-5-12-28(22)24/h1-20,39H,21H2,(H,36,40)(H,37,42)(H,38,41)(H,43,44)/b30-19-. The van der Waals surface area contributed by atoms with Gasteiger partial charge in [0.05, 0.1) is 5.75 Å². The van der Waals surface area contributed by atoms with Crippen molar-refractivity contribution in [1.29, 1.82) is 0 Å². The number of phenols is 1. The Morgan fingerprint density at radius 1 is 0.733 bits per heavy atom. The van der Waals surface area contributed by atoms with Crippen LogP contribution in [0.3, 0.4) is 0 Å². The topological polar surface area (TPSA) is 145 Å². The summed E-state index contributed by atoms with van der Waals surface area (Å²) in [5.74, 6) is -2.96. The van der Waals surface area contributed by atoms with Crippen molar-refractivity contribution in [2.24, 2.45) is 0 Å². The van der Waals surface area contributed by atoms with E-state index in [2.05, 4.69) is 16.0 Å². The molecule has 0 saturated carbocycles. The molecule has 224 valence electrons. The highest BCUT2D eigenvalue weighted by molar-refractivity contribution is 8.00. The first kappa shape index (κ1) is 30.6. The zero-order chi connectivity index (χ0) is 31.8. The normalized spacial score (nSPS) is 11.1. The molecule has 0 unspecified atom stereocenters. The summed E-state index contributed by atoms with van der Waals surface area (Å²) in [6.45, 7) is 0. The molecule has 0 spiro atoms. The molecule has 0 aliphatic heterocycles. The Bertz CT molecular complexity index is 1920. The largest absolute Gasteiger partial charge is 0.507 e. The molecule has 0 saturated heterocycles. The number of anilines is 2. The fourth-order valence-corrected chi connectivity index (χ4v) is 5.14. The Morgan fingerprint density at radius 3 is 2.18 bits per heavy atom. The van der Waals surface area contributed by atoms with Crippen molar-refractivity contribution in [2.75, 3.05) is 16.4 Å². The fraction of sp³-hybridized carbons (Fsp3) is 0.0286. The van der Waals surface area contributed by atoms with E-state index >= 15 is 0 Å². The fourth-order valence-electron chi connectivity index (χ4n) is 4.44. The van der Waals surface area contributed by atoms with Gasteiger partial charge in [-0.05, 0) is 77.0 Å². The smallest absolute Gasteiger partial charge is 0.339 e. The molecule has 10 heteroatoms. The van der Waals surface area contributed by atoms with Crippen molar-refractivity contribution in [3.8, 4) is 5.75 Å². The average molecular weight is 618 g/mol. The first-order valence-corrected chi connectivity index (χ1v) is 14.7. The second-order valence-electron chi connectivity index (χ2n) is 9.80. The lowest BCUT2D eigenvalue weighted by molar-refractivity contribution is -0.114.